The molecule has 2 N–H and O–H groups in total. The highest BCUT2D eigenvalue weighted by atomic mass is 79.9. The van der Waals surface area contributed by atoms with E-state index in [0.717, 1.165) is 35.2 Å². The third-order valence-electron chi connectivity index (χ3n) is 3.39. The van der Waals surface area contributed by atoms with E-state index in [1.807, 2.05) is 12.1 Å². The van der Waals surface area contributed by atoms with Crippen LogP contribution in [0.2, 0.25) is 0 Å². The minimum atomic E-state index is -0.0396. The van der Waals surface area contributed by atoms with E-state index in [0.29, 0.717) is 0 Å². The van der Waals surface area contributed by atoms with E-state index in [-0.39, 0.29) is 12.1 Å². The summed E-state index contributed by atoms with van der Waals surface area (Å²) in [6, 6.07) is 5.98. The van der Waals surface area contributed by atoms with Crippen LogP contribution in [0.15, 0.2) is 22.7 Å². The van der Waals surface area contributed by atoms with Gasteiger partial charge in [0.2, 0.25) is 0 Å². The van der Waals surface area contributed by atoms with E-state index in [9.17, 15) is 0 Å². The van der Waals surface area contributed by atoms with Gasteiger partial charge in [-0.1, -0.05) is 22.9 Å². The van der Waals surface area contributed by atoms with Crippen molar-refractivity contribution < 1.29 is 9.84 Å². The van der Waals surface area contributed by atoms with Crippen LogP contribution in [-0.2, 0) is 6.54 Å². The van der Waals surface area contributed by atoms with E-state index in [4.69, 9.17) is 9.84 Å². The van der Waals surface area contributed by atoms with Crippen molar-refractivity contribution in [3.05, 3.63) is 28.2 Å². The quantitative estimate of drug-likeness (QED) is 0.812. The van der Waals surface area contributed by atoms with Crippen LogP contribution in [0.4, 0.5) is 0 Å². The minimum absolute atomic E-state index is 0.0396. The number of aliphatic hydroxyl groups is 1. The van der Waals surface area contributed by atoms with Crippen molar-refractivity contribution in [1.29, 1.82) is 0 Å². The van der Waals surface area contributed by atoms with Crippen molar-refractivity contribution in [1.82, 2.24) is 5.32 Å². The van der Waals surface area contributed by atoms with Crippen LogP contribution < -0.4 is 10.1 Å². The third kappa shape index (κ3) is 4.26. The molecule has 0 saturated heterocycles. The number of hydrogen-bond donors (Lipinski definition) is 2. The number of benzene rings is 1. The molecule has 3 nitrogen and oxygen atoms in total. The fraction of sp³-hybridized carbons (Fsp3) is 0.571. The molecule has 0 fully saturated rings. The Morgan fingerprint density at radius 1 is 1.44 bits per heavy atom. The Morgan fingerprint density at radius 2 is 2.17 bits per heavy atom. The second-order valence-electron chi connectivity index (χ2n) is 4.70. The largest absolute Gasteiger partial charge is 0.496 e. The molecule has 0 amide bonds. The number of ether oxygens (including phenoxy) is 1. The zero-order valence-corrected chi connectivity index (χ0v) is 12.9. The first-order valence-corrected chi connectivity index (χ1v) is 7.02. The van der Waals surface area contributed by atoms with E-state index in [1.54, 1.807) is 7.11 Å². The highest BCUT2D eigenvalue weighted by Gasteiger charge is 2.20. The summed E-state index contributed by atoms with van der Waals surface area (Å²) in [5, 5.41) is 12.6. The summed E-state index contributed by atoms with van der Waals surface area (Å²) in [6.45, 7) is 5.19. The molecule has 1 aromatic carbocycles. The van der Waals surface area contributed by atoms with Crippen molar-refractivity contribution in [3.8, 4) is 5.75 Å². The predicted octanol–water partition coefficient (Wildman–Crippen LogP) is 3.10. The van der Waals surface area contributed by atoms with Gasteiger partial charge in [0.05, 0.1) is 7.11 Å². The van der Waals surface area contributed by atoms with Crippen molar-refractivity contribution in [2.24, 2.45) is 0 Å². The Morgan fingerprint density at radius 3 is 2.72 bits per heavy atom. The van der Waals surface area contributed by atoms with E-state index in [2.05, 4.69) is 41.2 Å². The van der Waals surface area contributed by atoms with Crippen LogP contribution >= 0.6 is 15.9 Å². The molecule has 0 aliphatic carbocycles. The van der Waals surface area contributed by atoms with Crippen molar-refractivity contribution in [3.63, 3.8) is 0 Å². The molecule has 1 rings (SSSR count). The second-order valence-corrected chi connectivity index (χ2v) is 5.61. The molecule has 0 saturated carbocycles. The average molecular weight is 316 g/mol. The first-order chi connectivity index (χ1) is 8.54. The standard InChI is InChI=1S/C14H22BrNO2/c1-4-14(2,7-8-17)16-10-11-9-12(15)5-6-13(11)18-3/h5-6,9,16-17H,4,7-8,10H2,1-3H3. The lowest BCUT2D eigenvalue weighted by atomic mass is 9.94. The Kier molecular flexibility index (Phi) is 6.12. The molecule has 0 aromatic heterocycles. The molecule has 0 aliphatic heterocycles. The molecule has 1 aromatic rings. The predicted molar refractivity (Wildman–Crippen MR) is 77.9 cm³/mol. The van der Waals surface area contributed by atoms with Crippen molar-refractivity contribution in [2.75, 3.05) is 13.7 Å². The normalized spacial score (nSPS) is 14.3. The zero-order valence-electron chi connectivity index (χ0n) is 11.3. The maximum absolute atomic E-state index is 9.10. The van der Waals surface area contributed by atoms with Crippen LogP contribution in [0.25, 0.3) is 0 Å². The summed E-state index contributed by atoms with van der Waals surface area (Å²) in [4.78, 5) is 0. The van der Waals surface area contributed by atoms with Gasteiger partial charge in [-0.25, -0.2) is 0 Å². The summed E-state index contributed by atoms with van der Waals surface area (Å²) < 4.78 is 6.39. The second kappa shape index (κ2) is 7.12. The number of halogens is 1. The molecule has 0 heterocycles. The number of nitrogens with one attached hydrogen (secondary N) is 1. The topological polar surface area (TPSA) is 41.5 Å². The summed E-state index contributed by atoms with van der Waals surface area (Å²) in [5.41, 5.74) is 1.08. The molecule has 102 valence electrons. The number of hydrogen-bond acceptors (Lipinski definition) is 3. The fourth-order valence-electron chi connectivity index (χ4n) is 1.83. The van der Waals surface area contributed by atoms with Gasteiger partial charge in [0.15, 0.2) is 0 Å². The van der Waals surface area contributed by atoms with Crippen molar-refractivity contribution >= 4 is 15.9 Å². The molecular weight excluding hydrogens is 294 g/mol. The number of aliphatic hydroxyl groups excluding tert-OH is 1. The molecule has 18 heavy (non-hydrogen) atoms. The van der Waals surface area contributed by atoms with Crippen LogP contribution in [-0.4, -0.2) is 24.4 Å². The number of rotatable bonds is 7. The van der Waals surface area contributed by atoms with Gasteiger partial charge in [-0.3, -0.25) is 0 Å². The lowest BCUT2D eigenvalue weighted by Crippen LogP contribution is -2.42. The van der Waals surface area contributed by atoms with E-state index < -0.39 is 0 Å². The monoisotopic (exact) mass is 315 g/mol. The summed E-state index contributed by atoms with van der Waals surface area (Å²) >= 11 is 3.47. The van der Waals surface area contributed by atoms with Crippen LogP contribution in [0.3, 0.4) is 0 Å². The molecule has 0 radical (unpaired) electrons. The number of methoxy groups -OCH3 is 1. The Labute approximate surface area is 118 Å². The van der Waals surface area contributed by atoms with Gasteiger partial charge in [0, 0.05) is 28.7 Å². The smallest absolute Gasteiger partial charge is 0.123 e. The summed E-state index contributed by atoms with van der Waals surface area (Å²) in [6.07, 6.45) is 1.73. The van der Waals surface area contributed by atoms with Gasteiger partial charge < -0.3 is 15.2 Å². The zero-order chi connectivity index (χ0) is 13.6. The SMILES string of the molecule is CCC(C)(CCO)NCc1cc(Br)ccc1OC. The average Bonchev–Trinajstić information content (AvgIpc) is 2.37. The molecule has 0 spiro atoms. The third-order valence-corrected chi connectivity index (χ3v) is 3.89. The van der Waals surface area contributed by atoms with Crippen LogP contribution in [0.5, 0.6) is 5.75 Å². The Hall–Kier alpha value is -0.580. The molecule has 1 unspecified atom stereocenters. The maximum Gasteiger partial charge on any atom is 0.123 e. The Bertz CT molecular complexity index is 384. The van der Waals surface area contributed by atoms with Gasteiger partial charge in [-0.2, -0.15) is 0 Å². The first-order valence-electron chi connectivity index (χ1n) is 6.23. The fourth-order valence-corrected chi connectivity index (χ4v) is 2.24. The van der Waals surface area contributed by atoms with E-state index in [1.165, 1.54) is 0 Å². The van der Waals surface area contributed by atoms with Gasteiger partial charge in [0.25, 0.3) is 0 Å². The van der Waals surface area contributed by atoms with Gasteiger partial charge in [-0.15, -0.1) is 0 Å². The van der Waals surface area contributed by atoms with Gasteiger partial charge in [-0.05, 0) is 38.0 Å². The lowest BCUT2D eigenvalue weighted by molar-refractivity contribution is 0.214. The highest BCUT2D eigenvalue weighted by molar-refractivity contribution is 9.10. The molecule has 4 heteroatoms. The maximum atomic E-state index is 9.10. The minimum Gasteiger partial charge on any atom is -0.496 e. The van der Waals surface area contributed by atoms with Gasteiger partial charge in [0.1, 0.15) is 5.75 Å². The van der Waals surface area contributed by atoms with Crippen LogP contribution in [0, 0.1) is 0 Å². The van der Waals surface area contributed by atoms with Crippen molar-refractivity contribution in [2.45, 2.75) is 38.8 Å². The Balaban J connectivity index is 2.75. The summed E-state index contributed by atoms with van der Waals surface area (Å²) in [7, 11) is 1.68. The molecule has 0 aliphatic rings. The van der Waals surface area contributed by atoms with Gasteiger partial charge >= 0.3 is 0 Å². The first kappa shape index (κ1) is 15.5. The summed E-state index contributed by atoms with van der Waals surface area (Å²) in [5.74, 6) is 0.883. The van der Waals surface area contributed by atoms with E-state index >= 15 is 0 Å². The lowest BCUT2D eigenvalue weighted by Gasteiger charge is -2.29. The molecule has 1 atom stereocenters. The molecule has 0 bridgehead atoms. The highest BCUT2D eigenvalue weighted by Crippen LogP contribution is 2.24. The molecular formula is C14H22BrNO2. The van der Waals surface area contributed by atoms with Crippen LogP contribution in [0.1, 0.15) is 32.3 Å².